The number of piperidine rings is 1. The van der Waals surface area contributed by atoms with Crippen molar-refractivity contribution in [3.05, 3.63) is 0 Å². The van der Waals surface area contributed by atoms with Crippen LogP contribution in [0.15, 0.2) is 0 Å². The Morgan fingerprint density at radius 1 is 1.38 bits per heavy atom. The zero-order valence-corrected chi connectivity index (χ0v) is 8.55. The first kappa shape index (κ1) is 12.8. The van der Waals surface area contributed by atoms with E-state index in [1.54, 1.807) is 0 Å². The van der Waals surface area contributed by atoms with E-state index in [2.05, 4.69) is 12.2 Å². The van der Waals surface area contributed by atoms with Gasteiger partial charge in [0.15, 0.2) is 0 Å². The second-order valence-corrected chi connectivity index (χ2v) is 3.90. The molecule has 0 bridgehead atoms. The van der Waals surface area contributed by atoms with Crippen molar-refractivity contribution in [2.45, 2.75) is 38.6 Å². The molecule has 80 valence electrons. The summed E-state index contributed by atoms with van der Waals surface area (Å²) >= 11 is 0. The average molecular weight is 211 g/mol. The fourth-order valence-corrected chi connectivity index (χ4v) is 1.27. The molecule has 0 radical (unpaired) electrons. The first-order valence-corrected chi connectivity index (χ1v) is 5.76. The second kappa shape index (κ2) is 6.31. The largest absolute Gasteiger partial charge is 0.394 e. The summed E-state index contributed by atoms with van der Waals surface area (Å²) in [6.07, 6.45) is 5.53. The first-order chi connectivity index (χ1) is 5.93. The summed E-state index contributed by atoms with van der Waals surface area (Å²) in [5.74, 6) is 0. The van der Waals surface area contributed by atoms with E-state index < -0.39 is 10.4 Å². The molecule has 0 aromatic rings. The minimum absolute atomic E-state index is 0.837. The maximum absolute atomic E-state index is 8.74. The van der Waals surface area contributed by atoms with E-state index in [0.29, 0.717) is 0 Å². The lowest BCUT2D eigenvalue weighted by atomic mass is 10.0. The first-order valence-electron chi connectivity index (χ1n) is 4.36. The smallest absolute Gasteiger partial charge is 0.314 e. The van der Waals surface area contributed by atoms with E-state index in [1.807, 2.05) is 0 Å². The molecule has 1 aliphatic heterocycles. The minimum Gasteiger partial charge on any atom is -0.314 e. The molecule has 0 aromatic carbocycles. The van der Waals surface area contributed by atoms with Crippen LogP contribution in [0.4, 0.5) is 0 Å². The average Bonchev–Trinajstić information content (AvgIpc) is 2.03. The molecule has 0 aliphatic carbocycles. The van der Waals surface area contributed by atoms with Crippen molar-refractivity contribution in [2.75, 3.05) is 6.54 Å². The molecule has 3 N–H and O–H groups in total. The number of hydrogen-bond acceptors (Lipinski definition) is 3. The minimum atomic E-state index is -4.67. The lowest BCUT2D eigenvalue weighted by Gasteiger charge is -2.21. The third kappa shape index (κ3) is 11.8. The summed E-state index contributed by atoms with van der Waals surface area (Å²) in [7, 11) is -4.67. The Morgan fingerprint density at radius 2 is 1.92 bits per heavy atom. The van der Waals surface area contributed by atoms with Gasteiger partial charge in [-0.25, -0.2) is 0 Å². The van der Waals surface area contributed by atoms with Crippen molar-refractivity contribution >= 4 is 10.4 Å². The Balaban J connectivity index is 0.000000252. The Morgan fingerprint density at radius 3 is 2.15 bits per heavy atom. The van der Waals surface area contributed by atoms with Crippen LogP contribution in [-0.2, 0) is 10.4 Å². The number of rotatable bonds is 1. The molecule has 1 aliphatic rings. The van der Waals surface area contributed by atoms with Crippen molar-refractivity contribution in [3.63, 3.8) is 0 Å². The van der Waals surface area contributed by atoms with E-state index in [0.717, 1.165) is 6.04 Å². The molecule has 1 fully saturated rings. The van der Waals surface area contributed by atoms with Gasteiger partial charge in [-0.05, 0) is 25.8 Å². The van der Waals surface area contributed by atoms with E-state index in [-0.39, 0.29) is 0 Å². The van der Waals surface area contributed by atoms with Gasteiger partial charge in [0.1, 0.15) is 0 Å². The summed E-state index contributed by atoms with van der Waals surface area (Å²) in [4.78, 5) is 0. The van der Waals surface area contributed by atoms with Crippen LogP contribution in [0.5, 0.6) is 0 Å². The van der Waals surface area contributed by atoms with E-state index >= 15 is 0 Å². The highest BCUT2D eigenvalue weighted by molar-refractivity contribution is 7.79. The topological polar surface area (TPSA) is 86.6 Å². The van der Waals surface area contributed by atoms with Crippen LogP contribution in [0, 0.1) is 0 Å². The lowest BCUT2D eigenvalue weighted by molar-refractivity contribution is 0.381. The van der Waals surface area contributed by atoms with Gasteiger partial charge in [0.25, 0.3) is 0 Å². The van der Waals surface area contributed by atoms with Crippen LogP contribution in [-0.4, -0.2) is 30.1 Å². The van der Waals surface area contributed by atoms with Gasteiger partial charge in [-0.15, -0.1) is 0 Å². The molecular weight excluding hydrogens is 194 g/mol. The highest BCUT2D eigenvalue weighted by Crippen LogP contribution is 2.08. The standard InChI is InChI=1S/C7H15N.H2O4S/c1-2-7-5-3-4-6-8-7;1-5(2,3)4/h7-8H,2-6H2,1H3;(H2,1,2,3,4). The van der Waals surface area contributed by atoms with E-state index in [9.17, 15) is 0 Å². The van der Waals surface area contributed by atoms with Crippen LogP contribution in [0.3, 0.4) is 0 Å². The summed E-state index contributed by atoms with van der Waals surface area (Å²) in [6, 6.07) is 0.837. The molecule has 13 heavy (non-hydrogen) atoms. The molecule has 1 rings (SSSR count). The summed E-state index contributed by atoms with van der Waals surface area (Å²) in [5, 5.41) is 3.47. The van der Waals surface area contributed by atoms with Crippen LogP contribution in [0.25, 0.3) is 0 Å². The zero-order valence-electron chi connectivity index (χ0n) is 7.73. The van der Waals surface area contributed by atoms with Crippen molar-refractivity contribution in [1.29, 1.82) is 0 Å². The molecule has 0 spiro atoms. The van der Waals surface area contributed by atoms with Crippen molar-refractivity contribution < 1.29 is 17.5 Å². The summed E-state index contributed by atoms with van der Waals surface area (Å²) < 4.78 is 31.6. The van der Waals surface area contributed by atoms with Crippen molar-refractivity contribution in [1.82, 2.24) is 5.32 Å². The molecule has 1 heterocycles. The predicted octanol–water partition coefficient (Wildman–Crippen LogP) is 0.886. The van der Waals surface area contributed by atoms with Gasteiger partial charge in [0.05, 0.1) is 0 Å². The van der Waals surface area contributed by atoms with Gasteiger partial charge >= 0.3 is 10.4 Å². The Hall–Kier alpha value is -0.170. The monoisotopic (exact) mass is 211 g/mol. The number of hydrogen-bond donors (Lipinski definition) is 3. The van der Waals surface area contributed by atoms with Crippen LogP contribution >= 0.6 is 0 Å². The Labute approximate surface area is 79.1 Å². The van der Waals surface area contributed by atoms with Gasteiger partial charge in [-0.3, -0.25) is 9.11 Å². The van der Waals surface area contributed by atoms with Gasteiger partial charge < -0.3 is 5.32 Å². The third-order valence-corrected chi connectivity index (χ3v) is 1.91. The van der Waals surface area contributed by atoms with Crippen LogP contribution < -0.4 is 5.32 Å². The Bertz CT molecular complexity index is 201. The molecule has 5 nitrogen and oxygen atoms in total. The summed E-state index contributed by atoms with van der Waals surface area (Å²) in [6.45, 7) is 3.50. The normalized spacial score (nSPS) is 23.2. The highest BCUT2D eigenvalue weighted by atomic mass is 32.3. The molecule has 0 aromatic heterocycles. The quantitative estimate of drug-likeness (QED) is 0.561. The Kier molecular flexibility index (Phi) is 6.23. The molecular formula is C7H17NO4S. The highest BCUT2D eigenvalue weighted by Gasteiger charge is 2.08. The van der Waals surface area contributed by atoms with Gasteiger partial charge in [-0.1, -0.05) is 13.3 Å². The maximum Gasteiger partial charge on any atom is 0.394 e. The van der Waals surface area contributed by atoms with Crippen molar-refractivity contribution in [3.8, 4) is 0 Å². The van der Waals surface area contributed by atoms with E-state index in [1.165, 1.54) is 32.2 Å². The van der Waals surface area contributed by atoms with Gasteiger partial charge in [-0.2, -0.15) is 8.42 Å². The third-order valence-electron chi connectivity index (χ3n) is 1.91. The SMILES string of the molecule is CCC1CCCCN1.O=S(=O)(O)O. The predicted molar refractivity (Wildman–Crippen MR) is 50.1 cm³/mol. The lowest BCUT2D eigenvalue weighted by Crippen LogP contribution is -2.32. The molecule has 6 heteroatoms. The maximum atomic E-state index is 8.74. The summed E-state index contributed by atoms with van der Waals surface area (Å²) in [5.41, 5.74) is 0. The molecule has 0 saturated carbocycles. The fraction of sp³-hybridized carbons (Fsp3) is 1.00. The van der Waals surface area contributed by atoms with Gasteiger partial charge in [0.2, 0.25) is 0 Å². The van der Waals surface area contributed by atoms with E-state index in [4.69, 9.17) is 17.5 Å². The van der Waals surface area contributed by atoms with Crippen LogP contribution in [0.2, 0.25) is 0 Å². The molecule has 1 saturated heterocycles. The van der Waals surface area contributed by atoms with Crippen molar-refractivity contribution in [2.24, 2.45) is 0 Å². The van der Waals surface area contributed by atoms with Gasteiger partial charge in [0, 0.05) is 6.04 Å². The molecule has 1 unspecified atom stereocenters. The van der Waals surface area contributed by atoms with Crippen LogP contribution in [0.1, 0.15) is 32.6 Å². The zero-order chi connectivity index (χ0) is 10.3. The fourth-order valence-electron chi connectivity index (χ4n) is 1.27. The second-order valence-electron chi connectivity index (χ2n) is 3.00. The molecule has 0 amide bonds. The number of nitrogens with one attached hydrogen (secondary N) is 1. The molecule has 1 atom stereocenters.